The van der Waals surface area contributed by atoms with Crippen LogP contribution in [0.4, 0.5) is 0 Å². The molecule has 0 heterocycles. The van der Waals surface area contributed by atoms with E-state index >= 15 is 0 Å². The van der Waals surface area contributed by atoms with E-state index < -0.39 is 0 Å². The highest BCUT2D eigenvalue weighted by Gasteiger charge is 2.27. The lowest BCUT2D eigenvalue weighted by Gasteiger charge is -2.36. The molecule has 0 saturated heterocycles. The van der Waals surface area contributed by atoms with Gasteiger partial charge in [-0.1, -0.05) is 27.2 Å². The van der Waals surface area contributed by atoms with Crippen molar-refractivity contribution in [2.24, 2.45) is 5.41 Å². The molecule has 0 aliphatic rings. The average Bonchev–Trinajstić information content (AvgIpc) is 2.26. The van der Waals surface area contributed by atoms with E-state index in [-0.39, 0.29) is 5.41 Å². The number of aliphatic hydroxyl groups is 1. The monoisotopic (exact) mass is 215 g/mol. The highest BCUT2D eigenvalue weighted by atomic mass is 16.3. The number of rotatable bonds is 8. The molecule has 92 valence electrons. The van der Waals surface area contributed by atoms with Crippen molar-refractivity contribution in [3.05, 3.63) is 0 Å². The molecule has 1 N–H and O–H groups in total. The molecule has 0 radical (unpaired) electrons. The molecule has 0 bridgehead atoms. The number of aliphatic hydroxyl groups excluding tert-OH is 1. The summed E-state index contributed by atoms with van der Waals surface area (Å²) in [6.45, 7) is 10.2. The average molecular weight is 215 g/mol. The van der Waals surface area contributed by atoms with Crippen LogP contribution in [0.25, 0.3) is 0 Å². The fourth-order valence-electron chi connectivity index (χ4n) is 2.07. The van der Waals surface area contributed by atoms with E-state index in [1.54, 1.807) is 0 Å². The molecule has 0 amide bonds. The molecule has 1 atom stereocenters. The molecule has 2 nitrogen and oxygen atoms in total. The summed E-state index contributed by atoms with van der Waals surface area (Å²) in [4.78, 5) is 2.40. The quantitative estimate of drug-likeness (QED) is 0.673. The summed E-state index contributed by atoms with van der Waals surface area (Å²) in [6, 6.07) is 0.624. The van der Waals surface area contributed by atoms with Gasteiger partial charge in [0.25, 0.3) is 0 Å². The fraction of sp³-hybridized carbons (Fsp3) is 1.00. The van der Waals surface area contributed by atoms with Crippen molar-refractivity contribution in [2.45, 2.75) is 59.4 Å². The minimum absolute atomic E-state index is 0.108. The first-order chi connectivity index (χ1) is 7.05. The van der Waals surface area contributed by atoms with Crippen molar-refractivity contribution in [1.82, 2.24) is 4.90 Å². The van der Waals surface area contributed by atoms with Crippen LogP contribution in [0.15, 0.2) is 0 Å². The zero-order valence-electron chi connectivity index (χ0n) is 11.2. The Bertz CT molecular complexity index is 146. The largest absolute Gasteiger partial charge is 0.396 e. The lowest BCUT2D eigenvalue weighted by Crippen LogP contribution is -2.41. The van der Waals surface area contributed by atoms with Gasteiger partial charge in [0.1, 0.15) is 0 Å². The molecule has 0 spiro atoms. The van der Waals surface area contributed by atoms with Crippen LogP contribution >= 0.6 is 0 Å². The summed E-state index contributed by atoms with van der Waals surface area (Å²) < 4.78 is 0. The van der Waals surface area contributed by atoms with Crippen molar-refractivity contribution >= 4 is 0 Å². The van der Waals surface area contributed by atoms with Crippen molar-refractivity contribution in [2.75, 3.05) is 20.2 Å². The van der Waals surface area contributed by atoms with Gasteiger partial charge in [0.05, 0.1) is 0 Å². The Balaban J connectivity index is 4.27. The van der Waals surface area contributed by atoms with Gasteiger partial charge in [-0.05, 0) is 33.2 Å². The maximum absolute atomic E-state index is 9.51. The van der Waals surface area contributed by atoms with Crippen LogP contribution in [-0.4, -0.2) is 36.2 Å². The van der Waals surface area contributed by atoms with Gasteiger partial charge < -0.3 is 10.0 Å². The summed E-state index contributed by atoms with van der Waals surface area (Å²) in [7, 11) is 2.18. The summed E-state index contributed by atoms with van der Waals surface area (Å²) in [5.74, 6) is 0. The van der Waals surface area contributed by atoms with E-state index in [4.69, 9.17) is 0 Å². The summed E-state index contributed by atoms with van der Waals surface area (Å²) in [6.07, 6.45) is 4.59. The summed E-state index contributed by atoms with van der Waals surface area (Å²) in [5, 5.41) is 9.51. The Kier molecular flexibility index (Phi) is 7.20. The molecule has 0 aromatic carbocycles. The molecule has 0 aromatic heterocycles. The zero-order valence-corrected chi connectivity index (χ0v) is 11.2. The SMILES string of the molecule is CCCC(C)N(C)CC(CC)(CC)CO. The van der Waals surface area contributed by atoms with Crippen molar-refractivity contribution < 1.29 is 5.11 Å². The normalized spacial score (nSPS) is 14.6. The summed E-state index contributed by atoms with van der Waals surface area (Å²) >= 11 is 0. The lowest BCUT2D eigenvalue weighted by molar-refractivity contribution is 0.0608. The first-order valence-electron chi connectivity index (χ1n) is 6.36. The maximum atomic E-state index is 9.51. The first kappa shape index (κ1) is 14.9. The minimum atomic E-state index is 0.108. The van der Waals surface area contributed by atoms with E-state index in [0.29, 0.717) is 12.6 Å². The van der Waals surface area contributed by atoms with Crippen LogP contribution < -0.4 is 0 Å². The van der Waals surface area contributed by atoms with E-state index in [1.807, 2.05) is 0 Å². The molecule has 0 aliphatic carbocycles. The predicted molar refractivity (Wildman–Crippen MR) is 67.1 cm³/mol. The molecule has 0 rings (SSSR count). The number of nitrogens with zero attached hydrogens (tertiary/aromatic N) is 1. The van der Waals surface area contributed by atoms with Crippen LogP contribution in [-0.2, 0) is 0 Å². The Morgan fingerprint density at radius 1 is 1.20 bits per heavy atom. The van der Waals surface area contributed by atoms with E-state index in [0.717, 1.165) is 19.4 Å². The molecule has 0 saturated carbocycles. The Hall–Kier alpha value is -0.0800. The predicted octanol–water partition coefficient (Wildman–Crippen LogP) is 2.91. The molecule has 0 aliphatic heterocycles. The third-order valence-electron chi connectivity index (χ3n) is 3.88. The number of hydrogen-bond donors (Lipinski definition) is 1. The highest BCUT2D eigenvalue weighted by molar-refractivity contribution is 4.80. The van der Waals surface area contributed by atoms with E-state index in [1.165, 1.54) is 12.8 Å². The minimum Gasteiger partial charge on any atom is -0.396 e. The fourth-order valence-corrected chi connectivity index (χ4v) is 2.07. The maximum Gasteiger partial charge on any atom is 0.0499 e. The Labute approximate surface area is 95.7 Å². The van der Waals surface area contributed by atoms with Gasteiger partial charge >= 0.3 is 0 Å². The number of hydrogen-bond acceptors (Lipinski definition) is 2. The van der Waals surface area contributed by atoms with Crippen LogP contribution in [0.2, 0.25) is 0 Å². The van der Waals surface area contributed by atoms with Gasteiger partial charge in [0.2, 0.25) is 0 Å². The van der Waals surface area contributed by atoms with E-state index in [9.17, 15) is 5.11 Å². The molecule has 2 heteroatoms. The first-order valence-corrected chi connectivity index (χ1v) is 6.36. The second-order valence-corrected chi connectivity index (χ2v) is 4.92. The molecule has 0 aromatic rings. The molecular weight excluding hydrogens is 186 g/mol. The van der Waals surface area contributed by atoms with Gasteiger partial charge in [0, 0.05) is 24.6 Å². The lowest BCUT2D eigenvalue weighted by atomic mass is 9.82. The van der Waals surface area contributed by atoms with Crippen LogP contribution in [0, 0.1) is 5.41 Å². The second-order valence-electron chi connectivity index (χ2n) is 4.92. The van der Waals surface area contributed by atoms with Gasteiger partial charge in [0.15, 0.2) is 0 Å². The summed E-state index contributed by atoms with van der Waals surface area (Å²) in [5.41, 5.74) is 0.108. The standard InChI is InChI=1S/C13H29NO/c1-6-9-12(4)14(5)10-13(7-2,8-3)11-15/h12,15H,6-11H2,1-5H3. The van der Waals surface area contributed by atoms with E-state index in [2.05, 4.69) is 39.6 Å². The third-order valence-corrected chi connectivity index (χ3v) is 3.88. The van der Waals surface area contributed by atoms with Crippen molar-refractivity contribution in [3.63, 3.8) is 0 Å². The van der Waals surface area contributed by atoms with Crippen molar-refractivity contribution in [1.29, 1.82) is 0 Å². The smallest absolute Gasteiger partial charge is 0.0499 e. The van der Waals surface area contributed by atoms with Gasteiger partial charge in [-0.25, -0.2) is 0 Å². The van der Waals surface area contributed by atoms with Gasteiger partial charge in [-0.15, -0.1) is 0 Å². The highest BCUT2D eigenvalue weighted by Crippen LogP contribution is 2.27. The molecule has 0 fully saturated rings. The molecular formula is C13H29NO. The Morgan fingerprint density at radius 3 is 2.07 bits per heavy atom. The van der Waals surface area contributed by atoms with Gasteiger partial charge in [-0.3, -0.25) is 0 Å². The zero-order chi connectivity index (χ0) is 11.9. The third kappa shape index (κ3) is 4.52. The molecule has 15 heavy (non-hydrogen) atoms. The molecule has 1 unspecified atom stereocenters. The Morgan fingerprint density at radius 2 is 1.73 bits per heavy atom. The topological polar surface area (TPSA) is 23.5 Å². The van der Waals surface area contributed by atoms with Crippen molar-refractivity contribution in [3.8, 4) is 0 Å². The van der Waals surface area contributed by atoms with Crippen LogP contribution in [0.3, 0.4) is 0 Å². The second kappa shape index (κ2) is 7.24. The van der Waals surface area contributed by atoms with Crippen LogP contribution in [0.5, 0.6) is 0 Å². The van der Waals surface area contributed by atoms with Crippen LogP contribution in [0.1, 0.15) is 53.4 Å². The van der Waals surface area contributed by atoms with Gasteiger partial charge in [-0.2, -0.15) is 0 Å².